The van der Waals surface area contributed by atoms with Crippen LogP contribution in [0.25, 0.3) is 0 Å². The molecule has 0 fully saturated rings. The van der Waals surface area contributed by atoms with Gasteiger partial charge in [0.2, 0.25) is 12.2 Å². The van der Waals surface area contributed by atoms with E-state index in [1.807, 2.05) is 0 Å². The summed E-state index contributed by atoms with van der Waals surface area (Å²) < 4.78 is 15.5. The van der Waals surface area contributed by atoms with Crippen molar-refractivity contribution in [1.29, 1.82) is 0 Å². The van der Waals surface area contributed by atoms with Crippen LogP contribution >= 0.6 is 0 Å². The fourth-order valence-corrected chi connectivity index (χ4v) is 1.79. The van der Waals surface area contributed by atoms with Gasteiger partial charge >= 0.3 is 5.97 Å². The second-order valence-corrected chi connectivity index (χ2v) is 3.91. The Bertz CT molecular complexity index is 463. The van der Waals surface area contributed by atoms with Crippen molar-refractivity contribution in [1.82, 2.24) is 5.32 Å². The molecule has 110 valence electrons. The molecule has 2 N–H and O–H groups in total. The van der Waals surface area contributed by atoms with E-state index in [1.54, 1.807) is 12.1 Å². The van der Waals surface area contributed by atoms with Crippen molar-refractivity contribution in [2.24, 2.45) is 0 Å². The van der Waals surface area contributed by atoms with E-state index in [2.05, 4.69) is 5.32 Å². The van der Waals surface area contributed by atoms with Gasteiger partial charge in [-0.15, -0.1) is 0 Å². The summed E-state index contributed by atoms with van der Waals surface area (Å²) in [5.41, 5.74) is 0.640. The number of ether oxygens (including phenoxy) is 3. The standard InChI is InChI=1S/C13H17NO6/c1-18-10-5-8(4-9(13(16)17)14-7-15)6-11(19-2)12(10)20-3/h5-7,9H,4H2,1-3H3,(H,14,15)(H,16,17). The minimum absolute atomic E-state index is 0.102. The Hall–Kier alpha value is -2.44. The lowest BCUT2D eigenvalue weighted by Crippen LogP contribution is -2.37. The number of methoxy groups -OCH3 is 3. The maximum atomic E-state index is 11.0. The van der Waals surface area contributed by atoms with Crippen LogP contribution in [-0.4, -0.2) is 44.9 Å². The van der Waals surface area contributed by atoms with Crippen LogP contribution in [0.15, 0.2) is 12.1 Å². The fourth-order valence-electron chi connectivity index (χ4n) is 1.79. The number of rotatable bonds is 8. The summed E-state index contributed by atoms with van der Waals surface area (Å²) in [6.45, 7) is 0. The molecular formula is C13H17NO6. The first-order valence-corrected chi connectivity index (χ1v) is 5.78. The van der Waals surface area contributed by atoms with Crippen molar-refractivity contribution in [2.75, 3.05) is 21.3 Å². The number of carboxylic acid groups (broad SMARTS) is 1. The van der Waals surface area contributed by atoms with E-state index in [0.717, 1.165) is 0 Å². The number of carbonyl (C=O) groups is 2. The maximum Gasteiger partial charge on any atom is 0.326 e. The number of carbonyl (C=O) groups excluding carboxylic acids is 1. The van der Waals surface area contributed by atoms with Gasteiger partial charge in [0.25, 0.3) is 0 Å². The van der Waals surface area contributed by atoms with Crippen molar-refractivity contribution < 1.29 is 28.9 Å². The highest BCUT2D eigenvalue weighted by Crippen LogP contribution is 2.38. The summed E-state index contributed by atoms with van der Waals surface area (Å²) in [6, 6.07) is 2.27. The average molecular weight is 283 g/mol. The fraction of sp³-hybridized carbons (Fsp3) is 0.385. The van der Waals surface area contributed by atoms with Gasteiger partial charge in [-0.25, -0.2) is 4.79 Å². The molecule has 1 aromatic carbocycles. The lowest BCUT2D eigenvalue weighted by molar-refractivity contribution is -0.140. The summed E-state index contributed by atoms with van der Waals surface area (Å²) in [5, 5.41) is 11.3. The van der Waals surface area contributed by atoms with Crippen molar-refractivity contribution >= 4 is 12.4 Å². The Morgan fingerprint density at radius 3 is 2.15 bits per heavy atom. The Labute approximate surface area is 116 Å². The summed E-state index contributed by atoms with van der Waals surface area (Å²) >= 11 is 0. The molecule has 0 aliphatic carbocycles. The van der Waals surface area contributed by atoms with Crippen LogP contribution in [0.1, 0.15) is 5.56 Å². The van der Waals surface area contributed by atoms with Crippen molar-refractivity contribution in [3.05, 3.63) is 17.7 Å². The molecule has 0 radical (unpaired) electrons. The van der Waals surface area contributed by atoms with Crippen LogP contribution in [0, 0.1) is 0 Å². The normalized spacial score (nSPS) is 11.3. The van der Waals surface area contributed by atoms with Gasteiger partial charge in [0.15, 0.2) is 11.5 Å². The van der Waals surface area contributed by atoms with Crippen LogP contribution in [-0.2, 0) is 16.0 Å². The quantitative estimate of drug-likeness (QED) is 0.673. The molecule has 0 bridgehead atoms. The molecule has 1 rings (SSSR count). The zero-order chi connectivity index (χ0) is 15.1. The highest BCUT2D eigenvalue weighted by atomic mass is 16.5. The first kappa shape index (κ1) is 15.6. The van der Waals surface area contributed by atoms with E-state index in [0.29, 0.717) is 29.2 Å². The second kappa shape index (κ2) is 7.22. The van der Waals surface area contributed by atoms with Crippen molar-refractivity contribution in [2.45, 2.75) is 12.5 Å². The minimum Gasteiger partial charge on any atom is -0.493 e. The van der Waals surface area contributed by atoms with E-state index in [9.17, 15) is 9.59 Å². The van der Waals surface area contributed by atoms with E-state index < -0.39 is 12.0 Å². The van der Waals surface area contributed by atoms with Gasteiger partial charge in [-0.05, 0) is 17.7 Å². The van der Waals surface area contributed by atoms with E-state index in [4.69, 9.17) is 19.3 Å². The Morgan fingerprint density at radius 2 is 1.80 bits per heavy atom. The molecular weight excluding hydrogens is 266 g/mol. The average Bonchev–Trinajstić information content (AvgIpc) is 2.45. The highest BCUT2D eigenvalue weighted by Gasteiger charge is 2.20. The summed E-state index contributed by atoms with van der Waals surface area (Å²) in [4.78, 5) is 21.4. The number of nitrogens with one attached hydrogen (secondary N) is 1. The Balaban J connectivity index is 3.12. The lowest BCUT2D eigenvalue weighted by atomic mass is 10.0. The van der Waals surface area contributed by atoms with Crippen LogP contribution < -0.4 is 19.5 Å². The zero-order valence-electron chi connectivity index (χ0n) is 11.5. The maximum absolute atomic E-state index is 11.0. The largest absolute Gasteiger partial charge is 0.493 e. The molecule has 20 heavy (non-hydrogen) atoms. The van der Waals surface area contributed by atoms with Crippen molar-refractivity contribution in [3.63, 3.8) is 0 Å². The molecule has 1 atom stereocenters. The molecule has 0 heterocycles. The summed E-state index contributed by atoms with van der Waals surface area (Å²) in [6.07, 6.45) is 0.460. The minimum atomic E-state index is -1.12. The van der Waals surface area contributed by atoms with Crippen LogP contribution in [0.4, 0.5) is 0 Å². The van der Waals surface area contributed by atoms with Gasteiger partial charge in [-0.2, -0.15) is 0 Å². The number of benzene rings is 1. The zero-order valence-corrected chi connectivity index (χ0v) is 11.5. The molecule has 0 saturated heterocycles. The summed E-state index contributed by atoms with van der Waals surface area (Å²) in [5.74, 6) is 0.161. The van der Waals surface area contributed by atoms with Crippen LogP contribution in [0.3, 0.4) is 0 Å². The van der Waals surface area contributed by atoms with Crippen LogP contribution in [0.5, 0.6) is 17.2 Å². The molecule has 1 amide bonds. The molecule has 0 spiro atoms. The lowest BCUT2D eigenvalue weighted by Gasteiger charge is -2.16. The molecule has 0 saturated carbocycles. The predicted octanol–water partition coefficient (Wildman–Crippen LogP) is 0.454. The van der Waals surface area contributed by atoms with Gasteiger partial charge in [0.1, 0.15) is 6.04 Å². The molecule has 7 heteroatoms. The van der Waals surface area contributed by atoms with E-state index >= 15 is 0 Å². The van der Waals surface area contributed by atoms with Gasteiger partial charge in [0.05, 0.1) is 21.3 Å². The third kappa shape index (κ3) is 3.53. The molecule has 0 aliphatic heterocycles. The highest BCUT2D eigenvalue weighted by molar-refractivity contribution is 5.76. The Kier molecular flexibility index (Phi) is 5.64. The Morgan fingerprint density at radius 1 is 1.25 bits per heavy atom. The summed E-state index contributed by atoms with van der Waals surface area (Å²) in [7, 11) is 4.42. The predicted molar refractivity (Wildman–Crippen MR) is 70.4 cm³/mol. The molecule has 0 aromatic heterocycles. The second-order valence-electron chi connectivity index (χ2n) is 3.91. The third-order valence-electron chi connectivity index (χ3n) is 2.73. The first-order valence-electron chi connectivity index (χ1n) is 5.78. The first-order chi connectivity index (χ1) is 9.57. The molecule has 1 unspecified atom stereocenters. The number of amides is 1. The van der Waals surface area contributed by atoms with Crippen molar-refractivity contribution in [3.8, 4) is 17.2 Å². The van der Waals surface area contributed by atoms with Crippen LogP contribution in [0.2, 0.25) is 0 Å². The number of aliphatic carboxylic acids is 1. The molecule has 7 nitrogen and oxygen atoms in total. The SMILES string of the molecule is COc1cc(CC(NC=O)C(=O)O)cc(OC)c1OC. The van der Waals surface area contributed by atoms with Gasteiger partial charge < -0.3 is 24.6 Å². The van der Waals surface area contributed by atoms with Gasteiger partial charge in [-0.3, -0.25) is 4.79 Å². The topological polar surface area (TPSA) is 94.1 Å². The monoisotopic (exact) mass is 283 g/mol. The van der Waals surface area contributed by atoms with E-state index in [-0.39, 0.29) is 6.42 Å². The smallest absolute Gasteiger partial charge is 0.326 e. The number of hydrogen-bond acceptors (Lipinski definition) is 5. The number of hydrogen-bond donors (Lipinski definition) is 2. The van der Waals surface area contributed by atoms with E-state index in [1.165, 1.54) is 21.3 Å². The van der Waals surface area contributed by atoms with Gasteiger partial charge in [0, 0.05) is 6.42 Å². The molecule has 1 aromatic rings. The number of carboxylic acids is 1. The molecule has 0 aliphatic rings. The van der Waals surface area contributed by atoms with Gasteiger partial charge in [-0.1, -0.05) is 0 Å². The third-order valence-corrected chi connectivity index (χ3v) is 2.73.